The highest BCUT2D eigenvalue weighted by Gasteiger charge is 2.30. The average molecular weight is 510 g/mol. The van der Waals surface area contributed by atoms with Gasteiger partial charge in [-0.25, -0.2) is 9.78 Å². The molecule has 0 spiro atoms. The van der Waals surface area contributed by atoms with E-state index in [1.807, 2.05) is 39.0 Å². The fourth-order valence-electron chi connectivity index (χ4n) is 3.97. The smallest absolute Gasteiger partial charge is 0.331 e. The molecule has 192 valence electrons. The summed E-state index contributed by atoms with van der Waals surface area (Å²) in [6.45, 7) is 5.67. The maximum absolute atomic E-state index is 13.0. The number of amides is 3. The van der Waals surface area contributed by atoms with Crippen LogP contribution in [-0.4, -0.2) is 21.3 Å². The molecule has 37 heavy (non-hydrogen) atoms. The number of aromatic nitrogens is 2. The molecule has 7 nitrogen and oxygen atoms in total. The van der Waals surface area contributed by atoms with Gasteiger partial charge in [-0.15, -0.1) is 0 Å². The van der Waals surface area contributed by atoms with Gasteiger partial charge in [-0.3, -0.25) is 9.20 Å². The van der Waals surface area contributed by atoms with Crippen LogP contribution in [0, 0.1) is 12.8 Å². The minimum Gasteiger partial charge on any atom is -0.331 e. The molecule has 0 saturated heterocycles. The lowest BCUT2D eigenvalue weighted by Gasteiger charge is -2.24. The monoisotopic (exact) mass is 509 g/mol. The van der Waals surface area contributed by atoms with Crippen molar-refractivity contribution in [2.45, 2.75) is 33.0 Å². The first-order valence-corrected chi connectivity index (χ1v) is 11.6. The van der Waals surface area contributed by atoms with Crippen LogP contribution in [0.1, 0.15) is 47.1 Å². The minimum absolute atomic E-state index is 0.0275. The summed E-state index contributed by atoms with van der Waals surface area (Å²) >= 11 is 0. The summed E-state index contributed by atoms with van der Waals surface area (Å²) in [5.41, 5.74) is 2.32. The second-order valence-corrected chi connectivity index (χ2v) is 9.00. The normalized spacial score (nSPS) is 12.4. The number of pyridine rings is 1. The fraction of sp³-hybridized carbons (Fsp3) is 0.222. The van der Waals surface area contributed by atoms with Gasteiger partial charge in [-0.05, 0) is 60.4 Å². The Bertz CT molecular complexity index is 1450. The highest BCUT2D eigenvalue weighted by atomic mass is 19.4. The number of fused-ring (bicyclic) bond motifs is 1. The maximum Gasteiger partial charge on any atom is 0.416 e. The molecule has 2 aromatic carbocycles. The molecule has 0 bridgehead atoms. The number of alkyl halides is 3. The number of benzene rings is 2. The first-order chi connectivity index (χ1) is 17.5. The third-order valence-electron chi connectivity index (χ3n) is 5.92. The van der Waals surface area contributed by atoms with Gasteiger partial charge in [0, 0.05) is 17.6 Å². The van der Waals surface area contributed by atoms with Gasteiger partial charge in [-0.1, -0.05) is 38.1 Å². The number of carbonyl (C=O) groups is 2. The number of urea groups is 1. The van der Waals surface area contributed by atoms with Crippen LogP contribution >= 0.6 is 0 Å². The van der Waals surface area contributed by atoms with Crippen molar-refractivity contribution >= 4 is 29.0 Å². The topological polar surface area (TPSA) is 87.5 Å². The van der Waals surface area contributed by atoms with Crippen LogP contribution < -0.4 is 16.0 Å². The molecule has 0 fully saturated rings. The van der Waals surface area contributed by atoms with Crippen LogP contribution in [0.15, 0.2) is 73.1 Å². The van der Waals surface area contributed by atoms with E-state index in [0.717, 1.165) is 23.3 Å². The molecule has 0 aliphatic rings. The second-order valence-electron chi connectivity index (χ2n) is 9.00. The lowest BCUT2D eigenvalue weighted by atomic mass is 9.94. The van der Waals surface area contributed by atoms with Crippen LogP contribution in [0.4, 0.5) is 29.3 Å². The zero-order chi connectivity index (χ0) is 26.7. The Morgan fingerprint density at radius 2 is 1.76 bits per heavy atom. The quantitative estimate of drug-likeness (QED) is 0.280. The number of carbonyl (C=O) groups excluding carboxylic acids is 2. The number of halogens is 3. The summed E-state index contributed by atoms with van der Waals surface area (Å²) in [6.07, 6.45) is -1.26. The van der Waals surface area contributed by atoms with Crippen molar-refractivity contribution in [1.29, 1.82) is 0 Å². The Labute approximate surface area is 211 Å². The van der Waals surface area contributed by atoms with Crippen molar-refractivity contribution in [3.63, 3.8) is 0 Å². The zero-order valence-electron chi connectivity index (χ0n) is 20.4. The van der Waals surface area contributed by atoms with E-state index < -0.39 is 23.8 Å². The van der Waals surface area contributed by atoms with Crippen molar-refractivity contribution in [1.82, 2.24) is 14.7 Å². The van der Waals surface area contributed by atoms with Crippen molar-refractivity contribution in [2.24, 2.45) is 5.92 Å². The number of hydrogen-bond donors (Lipinski definition) is 3. The molecule has 3 N–H and O–H groups in total. The molecule has 2 aromatic heterocycles. The standard InChI is InChI=1S/C27H26F3N5O2/c1-16(2)24(34-26(37)32-20-8-6-7-19(14-20)27(28,29)30)18-11-10-17(3)21(13-18)33-25(36)22-15-31-23-9-4-5-12-35(22)23/h4-16,24H,1-3H3,(H,33,36)(H2,32,34,37)/t24-/m0/s1. The van der Waals surface area contributed by atoms with Gasteiger partial charge in [0.1, 0.15) is 11.3 Å². The van der Waals surface area contributed by atoms with Crippen molar-refractivity contribution in [3.05, 3.63) is 95.4 Å². The van der Waals surface area contributed by atoms with E-state index in [2.05, 4.69) is 20.9 Å². The second kappa shape index (κ2) is 10.3. The van der Waals surface area contributed by atoms with Crippen molar-refractivity contribution in [3.8, 4) is 0 Å². The number of hydrogen-bond acceptors (Lipinski definition) is 3. The highest BCUT2D eigenvalue weighted by molar-refractivity contribution is 6.04. The van der Waals surface area contributed by atoms with Gasteiger partial charge in [0.25, 0.3) is 5.91 Å². The molecule has 2 heterocycles. The van der Waals surface area contributed by atoms with E-state index in [9.17, 15) is 22.8 Å². The molecule has 10 heteroatoms. The number of aryl methyl sites for hydroxylation is 1. The summed E-state index contributed by atoms with van der Waals surface area (Å²) in [4.78, 5) is 29.9. The SMILES string of the molecule is Cc1ccc([C@@H](NC(=O)Nc2cccc(C(F)(F)F)c2)C(C)C)cc1NC(=O)c1cnc2ccccn12. The van der Waals surface area contributed by atoms with Gasteiger partial charge in [0.2, 0.25) is 0 Å². The predicted octanol–water partition coefficient (Wildman–Crippen LogP) is 6.43. The van der Waals surface area contributed by atoms with E-state index in [4.69, 9.17) is 0 Å². The molecule has 3 amide bonds. The van der Waals surface area contributed by atoms with Crippen molar-refractivity contribution < 1.29 is 22.8 Å². The fourth-order valence-corrected chi connectivity index (χ4v) is 3.97. The van der Waals surface area contributed by atoms with Crippen LogP contribution in [0.25, 0.3) is 5.65 Å². The van der Waals surface area contributed by atoms with Crippen LogP contribution in [-0.2, 0) is 6.18 Å². The van der Waals surface area contributed by atoms with E-state index in [1.165, 1.54) is 18.3 Å². The minimum atomic E-state index is -4.51. The largest absolute Gasteiger partial charge is 0.416 e. The molecule has 0 radical (unpaired) electrons. The number of rotatable bonds is 6. The Morgan fingerprint density at radius 3 is 2.49 bits per heavy atom. The third kappa shape index (κ3) is 5.91. The summed E-state index contributed by atoms with van der Waals surface area (Å²) < 4.78 is 40.7. The molecule has 0 saturated carbocycles. The molecular formula is C27H26F3N5O2. The first-order valence-electron chi connectivity index (χ1n) is 11.6. The Balaban J connectivity index is 1.52. The first kappa shape index (κ1) is 25.7. The van der Waals surface area contributed by atoms with Crippen LogP contribution in [0.5, 0.6) is 0 Å². The number of imidazole rings is 1. The lowest BCUT2D eigenvalue weighted by molar-refractivity contribution is -0.137. The zero-order valence-corrected chi connectivity index (χ0v) is 20.4. The third-order valence-corrected chi connectivity index (χ3v) is 5.92. The van der Waals surface area contributed by atoms with Gasteiger partial charge < -0.3 is 16.0 Å². The summed E-state index contributed by atoms with van der Waals surface area (Å²) in [5, 5.41) is 8.22. The van der Waals surface area contributed by atoms with Crippen LogP contribution in [0.3, 0.4) is 0 Å². The van der Waals surface area contributed by atoms with E-state index in [1.54, 1.807) is 28.8 Å². The summed E-state index contributed by atoms with van der Waals surface area (Å²) in [5.74, 6) is -0.396. The molecule has 4 aromatic rings. The van der Waals surface area contributed by atoms with Gasteiger partial charge >= 0.3 is 12.2 Å². The van der Waals surface area contributed by atoms with E-state index >= 15 is 0 Å². The predicted molar refractivity (Wildman–Crippen MR) is 136 cm³/mol. The molecule has 4 rings (SSSR count). The Hall–Kier alpha value is -4.34. The molecular weight excluding hydrogens is 483 g/mol. The van der Waals surface area contributed by atoms with Gasteiger partial charge in [0.05, 0.1) is 17.8 Å². The highest BCUT2D eigenvalue weighted by Crippen LogP contribution is 2.31. The van der Waals surface area contributed by atoms with E-state index in [-0.39, 0.29) is 17.5 Å². The molecule has 0 aliphatic carbocycles. The van der Waals surface area contributed by atoms with E-state index in [0.29, 0.717) is 17.0 Å². The maximum atomic E-state index is 13.0. The van der Waals surface area contributed by atoms with Crippen LogP contribution in [0.2, 0.25) is 0 Å². The van der Waals surface area contributed by atoms with Gasteiger partial charge in [0.15, 0.2) is 0 Å². The van der Waals surface area contributed by atoms with Gasteiger partial charge in [-0.2, -0.15) is 13.2 Å². The molecule has 1 atom stereocenters. The number of nitrogens with zero attached hydrogens (tertiary/aromatic N) is 2. The Morgan fingerprint density at radius 1 is 0.973 bits per heavy atom. The Kier molecular flexibility index (Phi) is 7.19. The summed E-state index contributed by atoms with van der Waals surface area (Å²) in [6, 6.07) is 14.2. The lowest BCUT2D eigenvalue weighted by Crippen LogP contribution is -2.35. The average Bonchev–Trinajstić information content (AvgIpc) is 3.28. The van der Waals surface area contributed by atoms with Crippen molar-refractivity contribution in [2.75, 3.05) is 10.6 Å². The molecule has 0 unspecified atom stereocenters. The summed E-state index contributed by atoms with van der Waals surface area (Å²) in [7, 11) is 0. The molecule has 0 aliphatic heterocycles. The number of nitrogens with one attached hydrogen (secondary N) is 3. The number of anilines is 2.